The fourth-order valence-electron chi connectivity index (χ4n) is 3.53. The maximum Gasteiger partial charge on any atom is 0.264 e. The average molecular weight is 430 g/mol. The van der Waals surface area contributed by atoms with Crippen molar-refractivity contribution in [3.63, 3.8) is 0 Å². The van der Waals surface area contributed by atoms with E-state index >= 15 is 0 Å². The van der Waals surface area contributed by atoms with E-state index in [1.54, 1.807) is 24.3 Å². The summed E-state index contributed by atoms with van der Waals surface area (Å²) in [4.78, 5) is 19.3. The smallest absolute Gasteiger partial charge is 0.264 e. The summed E-state index contributed by atoms with van der Waals surface area (Å²) in [6.45, 7) is 0. The predicted octanol–water partition coefficient (Wildman–Crippen LogP) is 4.45. The molecule has 0 aliphatic heterocycles. The minimum Gasteiger partial charge on any atom is -0.268 e. The van der Waals surface area contributed by atoms with E-state index in [1.807, 2.05) is 24.3 Å². The van der Waals surface area contributed by atoms with Crippen LogP contribution in [0, 0.1) is 0 Å². The number of fused-ring (bicyclic) bond motifs is 4. The lowest BCUT2D eigenvalue weighted by Gasteiger charge is -2.09. The minimum atomic E-state index is -0.250. The van der Waals surface area contributed by atoms with Gasteiger partial charge < -0.3 is 0 Å². The third-order valence-corrected chi connectivity index (χ3v) is 5.70. The summed E-state index contributed by atoms with van der Waals surface area (Å²) >= 11 is 1.59. The van der Waals surface area contributed by atoms with Crippen LogP contribution in [0.5, 0.6) is 0 Å². The molecule has 0 bridgehead atoms. The number of pyridine rings is 1. The zero-order valence-electron chi connectivity index (χ0n) is 14.3. The molecule has 0 spiro atoms. The molecule has 0 radical (unpaired) electrons. The Morgan fingerprint density at radius 3 is 2.48 bits per heavy atom. The van der Waals surface area contributed by atoms with E-state index < -0.39 is 0 Å². The second-order valence-corrected chi connectivity index (χ2v) is 7.60. The monoisotopic (exact) mass is 430 g/mol. The van der Waals surface area contributed by atoms with Gasteiger partial charge in [0.15, 0.2) is 0 Å². The van der Waals surface area contributed by atoms with Gasteiger partial charge in [-0.3, -0.25) is 9.20 Å². The molecule has 0 saturated heterocycles. The van der Waals surface area contributed by atoms with Crippen LogP contribution in [-0.2, 0) is 18.7 Å². The Hall–Kier alpha value is -2.48. The Labute approximate surface area is 169 Å². The molecule has 11 heteroatoms. The number of rotatable bonds is 6. The van der Waals surface area contributed by atoms with Gasteiger partial charge in [-0.15, -0.1) is 8.67 Å². The first-order valence-electron chi connectivity index (χ1n) is 8.15. The number of hydrogen-bond acceptors (Lipinski definition) is 10. The highest BCUT2D eigenvalue weighted by Gasteiger charge is 2.17. The second kappa shape index (κ2) is 7.40. The Bertz CT molecular complexity index is 1420. The quantitative estimate of drug-likeness (QED) is 0.228. The molecular weight excluding hydrogens is 420 g/mol. The van der Waals surface area contributed by atoms with Crippen LogP contribution >= 0.6 is 24.1 Å². The van der Waals surface area contributed by atoms with E-state index in [0.717, 1.165) is 40.2 Å². The number of aromatic nitrogens is 2. The van der Waals surface area contributed by atoms with Gasteiger partial charge in [0.05, 0.1) is 40.5 Å². The molecule has 2 heterocycles. The zero-order chi connectivity index (χ0) is 20.0. The summed E-state index contributed by atoms with van der Waals surface area (Å²) < 4.78 is 10.5. The fourth-order valence-corrected chi connectivity index (χ4v) is 4.37. The molecule has 3 aromatic carbocycles. The molecule has 9 nitrogen and oxygen atoms in total. The Morgan fingerprint density at radius 2 is 1.69 bits per heavy atom. The van der Waals surface area contributed by atoms with E-state index in [9.17, 15) is 4.79 Å². The average Bonchev–Trinajstić information content (AvgIpc) is 3.13. The molecule has 2 aromatic heterocycles. The normalized spacial score (nSPS) is 12.1. The van der Waals surface area contributed by atoms with Crippen molar-refractivity contribution in [1.29, 1.82) is 0 Å². The number of imidazole rings is 1. The maximum atomic E-state index is 13.4. The molecule has 0 saturated carbocycles. The van der Waals surface area contributed by atoms with Crippen molar-refractivity contribution < 1.29 is 29.3 Å². The van der Waals surface area contributed by atoms with Crippen LogP contribution in [0.25, 0.3) is 38.2 Å². The van der Waals surface area contributed by atoms with Crippen molar-refractivity contribution in [2.45, 2.75) is 9.79 Å². The van der Waals surface area contributed by atoms with Crippen LogP contribution in [0.3, 0.4) is 0 Å². The van der Waals surface area contributed by atoms with E-state index in [1.165, 1.54) is 4.40 Å². The van der Waals surface area contributed by atoms with E-state index in [0.29, 0.717) is 31.9 Å². The highest BCUT2D eigenvalue weighted by Crippen LogP contribution is 2.34. The molecule has 5 aromatic rings. The molecule has 0 aliphatic rings. The van der Waals surface area contributed by atoms with Gasteiger partial charge in [0, 0.05) is 20.6 Å². The van der Waals surface area contributed by atoms with Crippen molar-refractivity contribution in [1.82, 2.24) is 9.38 Å². The van der Waals surface area contributed by atoms with E-state index in [4.69, 9.17) is 10.5 Å². The third-order valence-electron chi connectivity index (χ3n) is 4.57. The van der Waals surface area contributed by atoms with Gasteiger partial charge in [-0.25, -0.2) is 15.5 Å². The number of hydrogen-bond donors (Lipinski definition) is 2. The molecule has 146 valence electrons. The molecule has 0 atom stereocenters. The number of nitrogens with zero attached hydrogens (tertiary/aromatic N) is 2. The van der Waals surface area contributed by atoms with Crippen LogP contribution in [0.1, 0.15) is 0 Å². The minimum absolute atomic E-state index is 0.250. The van der Waals surface area contributed by atoms with Crippen molar-refractivity contribution in [2.24, 2.45) is 0 Å². The Morgan fingerprint density at radius 1 is 0.897 bits per heavy atom. The van der Waals surface area contributed by atoms with Crippen LogP contribution in [0.15, 0.2) is 63.1 Å². The molecule has 0 amide bonds. The van der Waals surface area contributed by atoms with Gasteiger partial charge in [0.25, 0.3) is 5.56 Å². The summed E-state index contributed by atoms with van der Waals surface area (Å²) in [7, 11) is 0. The van der Waals surface area contributed by atoms with Crippen molar-refractivity contribution in [3.05, 3.63) is 58.9 Å². The van der Waals surface area contributed by atoms with Crippen LogP contribution in [0.2, 0.25) is 0 Å². The van der Waals surface area contributed by atoms with Gasteiger partial charge in [-0.1, -0.05) is 28.3 Å². The topological polar surface area (TPSA) is 112 Å². The van der Waals surface area contributed by atoms with Gasteiger partial charge in [0.2, 0.25) is 0 Å². The van der Waals surface area contributed by atoms with Crippen LogP contribution in [0.4, 0.5) is 0 Å². The summed E-state index contributed by atoms with van der Waals surface area (Å²) in [6.07, 6.45) is 0. The fraction of sp³-hybridized carbons (Fsp3) is 0. The summed E-state index contributed by atoms with van der Waals surface area (Å²) in [5.41, 5.74) is 1.52. The molecule has 0 fully saturated rings. The van der Waals surface area contributed by atoms with Gasteiger partial charge in [0.1, 0.15) is 5.65 Å². The zero-order valence-corrected chi connectivity index (χ0v) is 15.9. The summed E-state index contributed by atoms with van der Waals surface area (Å²) in [5, 5.41) is 27.0. The second-order valence-electron chi connectivity index (χ2n) is 6.05. The van der Waals surface area contributed by atoms with Crippen molar-refractivity contribution in [3.8, 4) is 0 Å². The first kappa shape index (κ1) is 18.5. The largest absolute Gasteiger partial charge is 0.268 e. The lowest BCUT2D eigenvalue weighted by molar-refractivity contribution is -0.432. The first-order valence-corrected chi connectivity index (χ1v) is 9.63. The molecule has 29 heavy (non-hydrogen) atoms. The standard InChI is InChI=1S/C18H10N2O7S2/c21-18-13-7-11(29-27-25-23)6-9-2-1-3-12(16(9)13)17-19-14-5-4-10(28-26-24-22)8-15(14)20(17)18/h1-8,22-23H. The van der Waals surface area contributed by atoms with Crippen LogP contribution in [-0.4, -0.2) is 19.9 Å². The van der Waals surface area contributed by atoms with E-state index in [-0.39, 0.29) is 5.56 Å². The highest BCUT2D eigenvalue weighted by atomic mass is 32.2. The van der Waals surface area contributed by atoms with Crippen molar-refractivity contribution in [2.75, 3.05) is 0 Å². The first-order chi connectivity index (χ1) is 14.2. The van der Waals surface area contributed by atoms with Gasteiger partial charge >= 0.3 is 0 Å². The predicted molar refractivity (Wildman–Crippen MR) is 106 cm³/mol. The molecule has 0 aliphatic carbocycles. The summed E-state index contributed by atoms with van der Waals surface area (Å²) in [6, 6.07) is 14.4. The maximum absolute atomic E-state index is 13.4. The van der Waals surface area contributed by atoms with Gasteiger partial charge in [-0.2, -0.15) is 0 Å². The highest BCUT2D eigenvalue weighted by molar-refractivity contribution is 7.94. The molecular formula is C18H10N2O7S2. The molecule has 0 unspecified atom stereocenters. The number of benzene rings is 3. The SMILES string of the molecule is O=c1c2cc(SOOO)cc3cccc(c32)c2nc3ccc(SOOO)cc3n12. The van der Waals surface area contributed by atoms with Gasteiger partial charge in [-0.05, 0) is 35.7 Å². The summed E-state index contributed by atoms with van der Waals surface area (Å²) in [5.74, 6) is 0. The molecule has 5 rings (SSSR count). The third kappa shape index (κ3) is 3.01. The van der Waals surface area contributed by atoms with E-state index in [2.05, 4.69) is 23.7 Å². The lowest BCUT2D eigenvalue weighted by atomic mass is 10.0. The lowest BCUT2D eigenvalue weighted by Crippen LogP contribution is -2.13. The molecule has 2 N–H and O–H groups in total. The van der Waals surface area contributed by atoms with Crippen LogP contribution < -0.4 is 5.56 Å². The Balaban J connectivity index is 1.87. The Kier molecular flexibility index (Phi) is 4.73. The van der Waals surface area contributed by atoms with Crippen molar-refractivity contribution >= 4 is 62.3 Å².